The minimum Gasteiger partial charge on any atom is -0.480 e. The Hall–Kier alpha value is -1.39. The third kappa shape index (κ3) is 3.29. The number of carbonyl (C=O) groups excluding carboxylic acids is 2. The van der Waals surface area contributed by atoms with Crippen LogP contribution in [0.5, 0.6) is 0 Å². The zero-order valence-corrected chi connectivity index (χ0v) is 13.8. The average Bonchev–Trinajstić information content (AvgIpc) is 2.49. The minimum absolute atomic E-state index is 0.0419. The highest BCUT2D eigenvalue weighted by molar-refractivity contribution is 5.88. The summed E-state index contributed by atoms with van der Waals surface area (Å²) in [7, 11) is 0. The molecule has 0 saturated heterocycles. The minimum atomic E-state index is -1.04. The lowest BCUT2D eigenvalue weighted by atomic mass is 9.49. The van der Waals surface area contributed by atoms with Crippen molar-refractivity contribution >= 4 is 17.7 Å². The summed E-state index contributed by atoms with van der Waals surface area (Å²) in [5.74, 6) is 0.881. The van der Waals surface area contributed by atoms with Gasteiger partial charge < -0.3 is 10.4 Å². The molecule has 128 valence electrons. The second-order valence-corrected chi connectivity index (χ2v) is 7.99. The SMILES string of the molecule is CCC(=O)CC[C@H](NC(=O)C12CC3CC(CC(C3)C1)C2)C(=O)O. The largest absolute Gasteiger partial charge is 0.480 e. The van der Waals surface area contributed by atoms with Gasteiger partial charge in [0.05, 0.1) is 0 Å². The van der Waals surface area contributed by atoms with E-state index in [2.05, 4.69) is 5.32 Å². The Kier molecular flexibility index (Phi) is 4.47. The topological polar surface area (TPSA) is 83.5 Å². The van der Waals surface area contributed by atoms with Crippen LogP contribution in [0.2, 0.25) is 0 Å². The fourth-order valence-electron chi connectivity index (χ4n) is 5.44. The first-order chi connectivity index (χ1) is 10.9. The quantitative estimate of drug-likeness (QED) is 0.755. The van der Waals surface area contributed by atoms with E-state index in [1.54, 1.807) is 6.92 Å². The van der Waals surface area contributed by atoms with Gasteiger partial charge in [-0.15, -0.1) is 0 Å². The maximum absolute atomic E-state index is 12.9. The van der Waals surface area contributed by atoms with E-state index in [4.69, 9.17) is 0 Å². The Morgan fingerprint density at radius 1 is 1.09 bits per heavy atom. The van der Waals surface area contributed by atoms with Crippen molar-refractivity contribution in [2.75, 3.05) is 0 Å². The molecular formula is C18H27NO4. The van der Waals surface area contributed by atoms with Crippen molar-refractivity contribution in [2.24, 2.45) is 23.2 Å². The molecule has 0 aromatic carbocycles. The van der Waals surface area contributed by atoms with Gasteiger partial charge in [0.25, 0.3) is 0 Å². The third-order valence-electron chi connectivity index (χ3n) is 6.23. The molecule has 4 aliphatic carbocycles. The molecule has 4 rings (SSSR count). The second kappa shape index (κ2) is 6.25. The number of carboxylic acids is 1. The monoisotopic (exact) mass is 321 g/mol. The number of hydrogen-bond acceptors (Lipinski definition) is 3. The molecule has 4 bridgehead atoms. The van der Waals surface area contributed by atoms with E-state index >= 15 is 0 Å². The zero-order valence-electron chi connectivity index (χ0n) is 13.8. The number of rotatable bonds is 7. The van der Waals surface area contributed by atoms with Crippen molar-refractivity contribution in [1.29, 1.82) is 0 Å². The Balaban J connectivity index is 1.65. The summed E-state index contributed by atoms with van der Waals surface area (Å²) in [6, 6.07) is -0.939. The molecular weight excluding hydrogens is 294 g/mol. The molecule has 0 aromatic rings. The molecule has 1 amide bonds. The Bertz CT molecular complexity index is 478. The number of amides is 1. The summed E-state index contributed by atoms with van der Waals surface area (Å²) in [6.45, 7) is 1.77. The van der Waals surface area contributed by atoms with E-state index in [1.807, 2.05) is 0 Å². The fourth-order valence-corrected chi connectivity index (χ4v) is 5.44. The van der Waals surface area contributed by atoms with Gasteiger partial charge in [-0.2, -0.15) is 0 Å². The molecule has 2 N–H and O–H groups in total. The highest BCUT2D eigenvalue weighted by atomic mass is 16.4. The number of nitrogens with one attached hydrogen (secondary N) is 1. The van der Waals surface area contributed by atoms with Gasteiger partial charge in [0.1, 0.15) is 11.8 Å². The molecule has 1 atom stereocenters. The van der Waals surface area contributed by atoms with Crippen LogP contribution in [0.1, 0.15) is 64.7 Å². The van der Waals surface area contributed by atoms with E-state index < -0.39 is 12.0 Å². The maximum atomic E-state index is 12.9. The first kappa shape index (κ1) is 16.5. The Morgan fingerprint density at radius 2 is 1.61 bits per heavy atom. The van der Waals surface area contributed by atoms with Crippen LogP contribution in [0.4, 0.5) is 0 Å². The second-order valence-electron chi connectivity index (χ2n) is 7.99. The molecule has 5 heteroatoms. The highest BCUT2D eigenvalue weighted by Gasteiger charge is 2.54. The van der Waals surface area contributed by atoms with Crippen LogP contribution >= 0.6 is 0 Å². The lowest BCUT2D eigenvalue weighted by Gasteiger charge is -2.55. The Labute approximate surface area is 137 Å². The van der Waals surface area contributed by atoms with Gasteiger partial charge in [-0.3, -0.25) is 9.59 Å². The molecule has 0 aromatic heterocycles. The van der Waals surface area contributed by atoms with Crippen molar-refractivity contribution < 1.29 is 19.5 Å². The molecule has 23 heavy (non-hydrogen) atoms. The van der Waals surface area contributed by atoms with Gasteiger partial charge in [-0.1, -0.05) is 6.92 Å². The van der Waals surface area contributed by atoms with E-state index in [-0.39, 0.29) is 29.9 Å². The summed E-state index contributed by atoms with van der Waals surface area (Å²) >= 11 is 0. The summed E-state index contributed by atoms with van der Waals surface area (Å²) < 4.78 is 0. The summed E-state index contributed by atoms with van der Waals surface area (Å²) in [5.41, 5.74) is -0.336. The van der Waals surface area contributed by atoms with Crippen molar-refractivity contribution in [3.05, 3.63) is 0 Å². The van der Waals surface area contributed by atoms with E-state index in [9.17, 15) is 19.5 Å². The molecule has 0 radical (unpaired) electrons. The van der Waals surface area contributed by atoms with E-state index in [0.717, 1.165) is 19.3 Å². The van der Waals surface area contributed by atoms with Crippen LogP contribution in [-0.2, 0) is 14.4 Å². The number of carbonyl (C=O) groups is 3. The summed E-state index contributed by atoms with van der Waals surface area (Å²) in [6.07, 6.45) is 7.34. The first-order valence-electron chi connectivity index (χ1n) is 8.97. The van der Waals surface area contributed by atoms with Gasteiger partial charge in [-0.05, 0) is 62.7 Å². The number of aliphatic carboxylic acids is 1. The van der Waals surface area contributed by atoms with Crippen LogP contribution in [0.15, 0.2) is 0 Å². The Morgan fingerprint density at radius 3 is 2.04 bits per heavy atom. The van der Waals surface area contributed by atoms with Crippen LogP contribution in [0.3, 0.4) is 0 Å². The molecule has 0 spiro atoms. The van der Waals surface area contributed by atoms with Gasteiger partial charge >= 0.3 is 5.97 Å². The first-order valence-corrected chi connectivity index (χ1v) is 8.97. The maximum Gasteiger partial charge on any atom is 0.326 e. The van der Waals surface area contributed by atoms with Gasteiger partial charge in [0.2, 0.25) is 5.91 Å². The van der Waals surface area contributed by atoms with Crippen LogP contribution in [-0.4, -0.2) is 28.8 Å². The fraction of sp³-hybridized carbons (Fsp3) is 0.833. The standard InChI is InChI=1S/C18H27NO4/c1-2-14(20)3-4-15(16(21)22)19-17(23)18-8-11-5-12(9-18)7-13(6-11)10-18/h11-13,15H,2-10H2,1H3,(H,19,23)(H,21,22)/t11?,12?,13?,15-,18?/m0/s1. The zero-order chi connectivity index (χ0) is 16.6. The van der Waals surface area contributed by atoms with Crippen molar-refractivity contribution in [1.82, 2.24) is 5.32 Å². The van der Waals surface area contributed by atoms with Crippen LogP contribution < -0.4 is 5.32 Å². The lowest BCUT2D eigenvalue weighted by molar-refractivity contribution is -0.151. The summed E-state index contributed by atoms with van der Waals surface area (Å²) in [5, 5.41) is 12.1. The highest BCUT2D eigenvalue weighted by Crippen LogP contribution is 2.60. The van der Waals surface area contributed by atoms with Crippen molar-refractivity contribution in [2.45, 2.75) is 70.8 Å². The van der Waals surface area contributed by atoms with Gasteiger partial charge in [-0.25, -0.2) is 4.79 Å². The predicted molar refractivity (Wildman–Crippen MR) is 84.7 cm³/mol. The molecule has 0 unspecified atom stereocenters. The molecule has 0 aliphatic heterocycles. The lowest BCUT2D eigenvalue weighted by Crippen LogP contribution is -2.56. The molecule has 4 saturated carbocycles. The van der Waals surface area contributed by atoms with Gasteiger partial charge in [0.15, 0.2) is 0 Å². The predicted octanol–water partition coefficient (Wildman–Crippen LogP) is 2.53. The van der Waals surface area contributed by atoms with E-state index in [1.165, 1.54) is 19.3 Å². The van der Waals surface area contributed by atoms with Gasteiger partial charge in [0, 0.05) is 18.3 Å². The molecule has 4 aliphatic rings. The van der Waals surface area contributed by atoms with Crippen molar-refractivity contribution in [3.8, 4) is 0 Å². The molecule has 0 heterocycles. The van der Waals surface area contributed by atoms with Crippen LogP contribution in [0, 0.1) is 23.2 Å². The number of Topliss-reactive ketones (excluding diaryl/α,β-unsaturated/α-hetero) is 1. The normalized spacial score (nSPS) is 35.8. The van der Waals surface area contributed by atoms with E-state index in [0.29, 0.717) is 24.2 Å². The molecule has 4 fully saturated rings. The summed E-state index contributed by atoms with van der Waals surface area (Å²) in [4.78, 5) is 35.7. The number of ketones is 1. The average molecular weight is 321 g/mol. The smallest absolute Gasteiger partial charge is 0.326 e. The van der Waals surface area contributed by atoms with Crippen molar-refractivity contribution in [3.63, 3.8) is 0 Å². The molecule has 5 nitrogen and oxygen atoms in total. The van der Waals surface area contributed by atoms with Crippen LogP contribution in [0.25, 0.3) is 0 Å². The number of hydrogen-bond donors (Lipinski definition) is 2. The number of carboxylic acid groups (broad SMARTS) is 1. The third-order valence-corrected chi connectivity index (χ3v) is 6.23.